The second kappa shape index (κ2) is 6.22. The van der Waals surface area contributed by atoms with Crippen LogP contribution in [0, 0.1) is 0 Å². The van der Waals surface area contributed by atoms with Gasteiger partial charge in [-0.2, -0.15) is 0 Å². The number of benzene rings is 1. The Bertz CT molecular complexity index is 264. The SMILES string of the molecule is C=Cc1ccc(OCOCCC)cc1. The van der Waals surface area contributed by atoms with Crippen LogP contribution in [0.2, 0.25) is 0 Å². The van der Waals surface area contributed by atoms with Crippen LogP contribution < -0.4 is 4.74 Å². The molecular formula is C12H16O2. The molecule has 0 aliphatic rings. The summed E-state index contributed by atoms with van der Waals surface area (Å²) in [5.74, 6) is 0.826. The Labute approximate surface area is 85.2 Å². The van der Waals surface area contributed by atoms with Crippen LogP contribution in [0.1, 0.15) is 18.9 Å². The topological polar surface area (TPSA) is 18.5 Å². The Morgan fingerprint density at radius 3 is 2.57 bits per heavy atom. The fraction of sp³-hybridized carbons (Fsp3) is 0.333. The molecule has 0 aromatic heterocycles. The van der Waals surface area contributed by atoms with Crippen molar-refractivity contribution < 1.29 is 9.47 Å². The highest BCUT2D eigenvalue weighted by atomic mass is 16.7. The Morgan fingerprint density at radius 1 is 1.29 bits per heavy atom. The second-order valence-corrected chi connectivity index (χ2v) is 2.94. The molecule has 0 spiro atoms. The monoisotopic (exact) mass is 192 g/mol. The van der Waals surface area contributed by atoms with Gasteiger partial charge in [0.2, 0.25) is 0 Å². The summed E-state index contributed by atoms with van der Waals surface area (Å²) in [6.07, 6.45) is 2.82. The van der Waals surface area contributed by atoms with E-state index in [-0.39, 0.29) is 0 Å². The number of hydrogen-bond donors (Lipinski definition) is 0. The Morgan fingerprint density at radius 2 is 2.00 bits per heavy atom. The molecule has 14 heavy (non-hydrogen) atoms. The van der Waals surface area contributed by atoms with Crippen molar-refractivity contribution in [3.8, 4) is 5.75 Å². The zero-order valence-corrected chi connectivity index (χ0v) is 8.53. The van der Waals surface area contributed by atoms with Crippen molar-refractivity contribution in [2.24, 2.45) is 0 Å². The lowest BCUT2D eigenvalue weighted by molar-refractivity contribution is 0.0157. The first-order valence-electron chi connectivity index (χ1n) is 4.80. The third-order valence-electron chi connectivity index (χ3n) is 1.77. The van der Waals surface area contributed by atoms with Crippen molar-refractivity contribution in [2.75, 3.05) is 13.4 Å². The molecule has 0 fully saturated rings. The number of ether oxygens (including phenoxy) is 2. The van der Waals surface area contributed by atoms with E-state index < -0.39 is 0 Å². The molecule has 0 radical (unpaired) electrons. The molecule has 0 saturated heterocycles. The third-order valence-corrected chi connectivity index (χ3v) is 1.77. The molecule has 76 valence electrons. The van der Waals surface area contributed by atoms with E-state index in [0.29, 0.717) is 6.79 Å². The summed E-state index contributed by atoms with van der Waals surface area (Å²) < 4.78 is 10.6. The van der Waals surface area contributed by atoms with Crippen molar-refractivity contribution in [3.63, 3.8) is 0 Å². The van der Waals surface area contributed by atoms with Crippen LogP contribution in [0.25, 0.3) is 6.08 Å². The van der Waals surface area contributed by atoms with Crippen molar-refractivity contribution in [1.82, 2.24) is 0 Å². The molecule has 1 rings (SSSR count). The summed E-state index contributed by atoms with van der Waals surface area (Å²) in [6, 6.07) is 7.74. The van der Waals surface area contributed by atoms with Gasteiger partial charge in [-0.1, -0.05) is 31.7 Å². The summed E-state index contributed by atoms with van der Waals surface area (Å²) in [5.41, 5.74) is 1.09. The van der Waals surface area contributed by atoms with Gasteiger partial charge < -0.3 is 9.47 Å². The molecule has 0 aliphatic carbocycles. The zero-order valence-electron chi connectivity index (χ0n) is 8.53. The molecular weight excluding hydrogens is 176 g/mol. The van der Waals surface area contributed by atoms with E-state index in [4.69, 9.17) is 9.47 Å². The lowest BCUT2D eigenvalue weighted by Crippen LogP contribution is -2.03. The first-order chi connectivity index (χ1) is 6.86. The highest BCUT2D eigenvalue weighted by molar-refractivity contribution is 5.48. The van der Waals surface area contributed by atoms with Crippen LogP contribution in [0.3, 0.4) is 0 Å². The minimum atomic E-state index is 0.321. The fourth-order valence-corrected chi connectivity index (χ4v) is 1.01. The van der Waals surface area contributed by atoms with Crippen molar-refractivity contribution in [1.29, 1.82) is 0 Å². The van der Waals surface area contributed by atoms with Crippen molar-refractivity contribution >= 4 is 6.08 Å². The summed E-state index contributed by atoms with van der Waals surface area (Å²) in [4.78, 5) is 0. The van der Waals surface area contributed by atoms with E-state index >= 15 is 0 Å². The maximum absolute atomic E-state index is 5.35. The van der Waals surface area contributed by atoms with Gasteiger partial charge in [-0.05, 0) is 24.1 Å². The van der Waals surface area contributed by atoms with E-state index in [2.05, 4.69) is 13.5 Å². The Hall–Kier alpha value is -1.28. The second-order valence-electron chi connectivity index (χ2n) is 2.94. The summed E-state index contributed by atoms with van der Waals surface area (Å²) in [6.45, 7) is 6.81. The molecule has 1 aromatic carbocycles. The van der Waals surface area contributed by atoms with Crippen LogP contribution in [-0.4, -0.2) is 13.4 Å². The third kappa shape index (κ3) is 3.62. The average molecular weight is 192 g/mol. The normalized spacial score (nSPS) is 9.79. The van der Waals surface area contributed by atoms with Crippen molar-refractivity contribution in [2.45, 2.75) is 13.3 Å². The van der Waals surface area contributed by atoms with Gasteiger partial charge in [0.1, 0.15) is 5.75 Å². The molecule has 0 heterocycles. The molecule has 0 unspecified atom stereocenters. The zero-order chi connectivity index (χ0) is 10.2. The number of rotatable bonds is 6. The molecule has 2 nitrogen and oxygen atoms in total. The van der Waals surface area contributed by atoms with E-state index in [1.807, 2.05) is 24.3 Å². The van der Waals surface area contributed by atoms with Gasteiger partial charge in [0.15, 0.2) is 6.79 Å². The Kier molecular flexibility index (Phi) is 4.79. The van der Waals surface area contributed by atoms with Crippen LogP contribution in [0.4, 0.5) is 0 Å². The lowest BCUT2D eigenvalue weighted by atomic mass is 10.2. The molecule has 0 amide bonds. The van der Waals surface area contributed by atoms with E-state index in [1.54, 1.807) is 6.08 Å². The van der Waals surface area contributed by atoms with Crippen LogP contribution >= 0.6 is 0 Å². The van der Waals surface area contributed by atoms with E-state index in [0.717, 1.165) is 24.3 Å². The predicted molar refractivity (Wildman–Crippen MR) is 58.3 cm³/mol. The minimum Gasteiger partial charge on any atom is -0.468 e. The van der Waals surface area contributed by atoms with E-state index in [9.17, 15) is 0 Å². The molecule has 0 saturated carbocycles. The summed E-state index contributed by atoms with van der Waals surface area (Å²) >= 11 is 0. The summed E-state index contributed by atoms with van der Waals surface area (Å²) in [7, 11) is 0. The molecule has 1 aromatic rings. The Balaban J connectivity index is 2.32. The molecule has 0 aliphatic heterocycles. The van der Waals surface area contributed by atoms with Gasteiger partial charge in [0.05, 0.1) is 6.61 Å². The predicted octanol–water partition coefficient (Wildman–Crippen LogP) is 3.09. The molecule has 0 atom stereocenters. The standard InChI is InChI=1S/C12H16O2/c1-3-9-13-10-14-12-7-5-11(4-2)6-8-12/h4-8H,2-3,9-10H2,1H3. The maximum Gasteiger partial charge on any atom is 0.189 e. The number of hydrogen-bond acceptors (Lipinski definition) is 2. The fourth-order valence-electron chi connectivity index (χ4n) is 1.01. The van der Waals surface area contributed by atoms with Crippen LogP contribution in [-0.2, 0) is 4.74 Å². The first kappa shape index (κ1) is 10.8. The molecule has 0 N–H and O–H groups in total. The smallest absolute Gasteiger partial charge is 0.189 e. The van der Waals surface area contributed by atoms with Crippen LogP contribution in [0.5, 0.6) is 5.75 Å². The highest BCUT2D eigenvalue weighted by Gasteiger charge is 1.92. The van der Waals surface area contributed by atoms with Gasteiger partial charge in [0, 0.05) is 0 Å². The van der Waals surface area contributed by atoms with Gasteiger partial charge in [-0.3, -0.25) is 0 Å². The minimum absolute atomic E-state index is 0.321. The highest BCUT2D eigenvalue weighted by Crippen LogP contribution is 2.12. The van der Waals surface area contributed by atoms with Gasteiger partial charge >= 0.3 is 0 Å². The van der Waals surface area contributed by atoms with Crippen LogP contribution in [0.15, 0.2) is 30.8 Å². The molecule has 0 bridgehead atoms. The van der Waals surface area contributed by atoms with E-state index in [1.165, 1.54) is 0 Å². The maximum atomic E-state index is 5.35. The largest absolute Gasteiger partial charge is 0.468 e. The summed E-state index contributed by atoms with van der Waals surface area (Å²) in [5, 5.41) is 0. The van der Waals surface area contributed by atoms with Gasteiger partial charge in [-0.25, -0.2) is 0 Å². The lowest BCUT2D eigenvalue weighted by Gasteiger charge is -2.06. The molecule has 2 heteroatoms. The van der Waals surface area contributed by atoms with Gasteiger partial charge in [0.25, 0.3) is 0 Å². The average Bonchev–Trinajstić information content (AvgIpc) is 2.25. The van der Waals surface area contributed by atoms with Crippen molar-refractivity contribution in [3.05, 3.63) is 36.4 Å². The van der Waals surface area contributed by atoms with Gasteiger partial charge in [-0.15, -0.1) is 0 Å². The quantitative estimate of drug-likeness (QED) is 0.509. The first-order valence-corrected chi connectivity index (χ1v) is 4.80.